The molecular formula is C10H17NOS. The molecule has 1 aromatic rings. The maximum Gasteiger partial charge on any atom is 0.0688 e. The van der Waals surface area contributed by atoms with Gasteiger partial charge in [-0.05, 0) is 43.2 Å². The molecule has 0 radical (unpaired) electrons. The minimum atomic E-state index is -0.342. The van der Waals surface area contributed by atoms with E-state index in [1.165, 1.54) is 5.56 Å². The van der Waals surface area contributed by atoms with Gasteiger partial charge in [-0.1, -0.05) is 0 Å². The molecule has 0 aliphatic heterocycles. The van der Waals surface area contributed by atoms with Gasteiger partial charge in [-0.25, -0.2) is 0 Å². The summed E-state index contributed by atoms with van der Waals surface area (Å²) in [5.74, 6) is 0. The molecule has 1 rings (SSSR count). The zero-order chi connectivity index (χ0) is 9.90. The molecule has 0 aliphatic rings. The van der Waals surface area contributed by atoms with Crippen LogP contribution in [0.2, 0.25) is 0 Å². The minimum absolute atomic E-state index is 0.220. The van der Waals surface area contributed by atoms with Gasteiger partial charge in [0.05, 0.1) is 6.10 Å². The smallest absolute Gasteiger partial charge is 0.0688 e. The highest BCUT2D eigenvalue weighted by Gasteiger charge is 2.22. The van der Waals surface area contributed by atoms with Crippen molar-refractivity contribution < 1.29 is 5.11 Å². The highest BCUT2D eigenvalue weighted by atomic mass is 32.1. The minimum Gasteiger partial charge on any atom is -0.392 e. The van der Waals surface area contributed by atoms with Crippen LogP contribution in [0, 0.1) is 0 Å². The topological polar surface area (TPSA) is 32.3 Å². The molecule has 3 heteroatoms. The van der Waals surface area contributed by atoms with Crippen molar-refractivity contribution >= 4 is 11.3 Å². The molecule has 1 heterocycles. The van der Waals surface area contributed by atoms with E-state index in [0.717, 1.165) is 6.54 Å². The molecule has 2 nitrogen and oxygen atoms in total. The van der Waals surface area contributed by atoms with Crippen LogP contribution in [-0.2, 0) is 6.54 Å². The Bertz CT molecular complexity index is 241. The predicted octanol–water partition coefficient (Wildman–Crippen LogP) is 2.00. The van der Waals surface area contributed by atoms with Gasteiger partial charge in [0, 0.05) is 12.1 Å². The third kappa shape index (κ3) is 3.10. The van der Waals surface area contributed by atoms with E-state index in [4.69, 9.17) is 0 Å². The lowest BCUT2D eigenvalue weighted by molar-refractivity contribution is 0.0957. The van der Waals surface area contributed by atoms with Crippen molar-refractivity contribution in [3.8, 4) is 0 Å². The number of rotatable bonds is 4. The van der Waals surface area contributed by atoms with Crippen LogP contribution in [0.3, 0.4) is 0 Å². The number of hydrogen-bond donors (Lipinski definition) is 2. The second-order valence-corrected chi connectivity index (χ2v) is 4.66. The molecular weight excluding hydrogens is 182 g/mol. The van der Waals surface area contributed by atoms with Crippen LogP contribution in [0.1, 0.15) is 26.3 Å². The Kier molecular flexibility index (Phi) is 3.47. The maximum absolute atomic E-state index is 9.45. The number of hydrogen-bond acceptors (Lipinski definition) is 3. The molecule has 0 aliphatic carbocycles. The van der Waals surface area contributed by atoms with Gasteiger partial charge in [0.2, 0.25) is 0 Å². The zero-order valence-corrected chi connectivity index (χ0v) is 9.19. The summed E-state index contributed by atoms with van der Waals surface area (Å²) >= 11 is 1.70. The second-order valence-electron chi connectivity index (χ2n) is 3.88. The second kappa shape index (κ2) is 4.22. The lowest BCUT2D eigenvalue weighted by atomic mass is 9.98. The van der Waals surface area contributed by atoms with E-state index in [0.29, 0.717) is 0 Å². The monoisotopic (exact) mass is 199 g/mol. The van der Waals surface area contributed by atoms with E-state index in [9.17, 15) is 5.11 Å². The summed E-state index contributed by atoms with van der Waals surface area (Å²) < 4.78 is 0. The fourth-order valence-electron chi connectivity index (χ4n) is 0.871. The van der Waals surface area contributed by atoms with Crippen LogP contribution in [0.4, 0.5) is 0 Å². The van der Waals surface area contributed by atoms with Gasteiger partial charge >= 0.3 is 0 Å². The number of thiophene rings is 1. The van der Waals surface area contributed by atoms with Crippen molar-refractivity contribution in [2.45, 2.75) is 39.0 Å². The van der Waals surface area contributed by atoms with E-state index in [1.807, 2.05) is 13.8 Å². The SMILES string of the molecule is CC(O)C(C)(C)NCc1ccsc1. The molecule has 0 fully saturated rings. The van der Waals surface area contributed by atoms with Crippen molar-refractivity contribution in [2.24, 2.45) is 0 Å². The third-order valence-electron chi connectivity index (χ3n) is 2.37. The summed E-state index contributed by atoms with van der Waals surface area (Å²) in [6, 6.07) is 2.09. The van der Waals surface area contributed by atoms with Crippen LogP contribution >= 0.6 is 11.3 Å². The normalized spacial score (nSPS) is 14.5. The molecule has 0 aromatic carbocycles. The Hall–Kier alpha value is -0.380. The lowest BCUT2D eigenvalue weighted by Gasteiger charge is -2.29. The fourth-order valence-corrected chi connectivity index (χ4v) is 1.54. The first kappa shape index (κ1) is 10.7. The molecule has 0 amide bonds. The van der Waals surface area contributed by atoms with Gasteiger partial charge in [0.1, 0.15) is 0 Å². The maximum atomic E-state index is 9.45. The van der Waals surface area contributed by atoms with Gasteiger partial charge in [-0.3, -0.25) is 0 Å². The lowest BCUT2D eigenvalue weighted by Crippen LogP contribution is -2.47. The number of aliphatic hydroxyl groups is 1. The van der Waals surface area contributed by atoms with Crippen molar-refractivity contribution in [3.05, 3.63) is 22.4 Å². The van der Waals surface area contributed by atoms with Gasteiger partial charge in [0.25, 0.3) is 0 Å². The number of nitrogens with one attached hydrogen (secondary N) is 1. The number of aliphatic hydroxyl groups excluding tert-OH is 1. The van der Waals surface area contributed by atoms with Gasteiger partial charge in [0.15, 0.2) is 0 Å². The van der Waals surface area contributed by atoms with Crippen molar-refractivity contribution in [3.63, 3.8) is 0 Å². The zero-order valence-electron chi connectivity index (χ0n) is 8.37. The standard InChI is InChI=1S/C10H17NOS/c1-8(12)10(2,3)11-6-9-4-5-13-7-9/h4-5,7-8,11-12H,6H2,1-3H3. The van der Waals surface area contributed by atoms with Crippen molar-refractivity contribution in [2.75, 3.05) is 0 Å². The first-order valence-corrected chi connectivity index (χ1v) is 5.41. The molecule has 0 saturated carbocycles. The highest BCUT2D eigenvalue weighted by Crippen LogP contribution is 2.11. The van der Waals surface area contributed by atoms with E-state index in [1.54, 1.807) is 18.3 Å². The van der Waals surface area contributed by atoms with E-state index < -0.39 is 0 Å². The highest BCUT2D eigenvalue weighted by molar-refractivity contribution is 7.07. The molecule has 1 aromatic heterocycles. The third-order valence-corrected chi connectivity index (χ3v) is 3.10. The Morgan fingerprint density at radius 3 is 2.77 bits per heavy atom. The Morgan fingerprint density at radius 1 is 1.62 bits per heavy atom. The first-order valence-electron chi connectivity index (χ1n) is 4.46. The first-order chi connectivity index (χ1) is 6.02. The molecule has 2 N–H and O–H groups in total. The summed E-state index contributed by atoms with van der Waals surface area (Å²) in [5, 5.41) is 16.9. The molecule has 74 valence electrons. The molecule has 0 saturated heterocycles. The quantitative estimate of drug-likeness (QED) is 0.777. The van der Waals surface area contributed by atoms with Crippen LogP contribution in [0.25, 0.3) is 0 Å². The average Bonchev–Trinajstić information content (AvgIpc) is 2.52. The van der Waals surface area contributed by atoms with Crippen LogP contribution in [-0.4, -0.2) is 16.7 Å². The Balaban J connectivity index is 2.42. The van der Waals surface area contributed by atoms with Crippen LogP contribution < -0.4 is 5.32 Å². The summed E-state index contributed by atoms with van der Waals surface area (Å²) in [4.78, 5) is 0. The van der Waals surface area contributed by atoms with Gasteiger partial charge < -0.3 is 10.4 Å². The average molecular weight is 199 g/mol. The predicted molar refractivity (Wildman–Crippen MR) is 56.9 cm³/mol. The summed E-state index contributed by atoms with van der Waals surface area (Å²) in [6.07, 6.45) is -0.342. The largest absolute Gasteiger partial charge is 0.392 e. The van der Waals surface area contributed by atoms with Gasteiger partial charge in [-0.2, -0.15) is 11.3 Å². The Morgan fingerprint density at radius 2 is 2.31 bits per heavy atom. The van der Waals surface area contributed by atoms with Crippen LogP contribution in [0.15, 0.2) is 16.8 Å². The molecule has 13 heavy (non-hydrogen) atoms. The Labute approximate surface area is 83.6 Å². The molecule has 0 spiro atoms. The van der Waals surface area contributed by atoms with Gasteiger partial charge in [-0.15, -0.1) is 0 Å². The van der Waals surface area contributed by atoms with Crippen LogP contribution in [0.5, 0.6) is 0 Å². The molecule has 1 unspecified atom stereocenters. The van der Waals surface area contributed by atoms with E-state index in [-0.39, 0.29) is 11.6 Å². The molecule has 1 atom stereocenters. The van der Waals surface area contributed by atoms with Crippen molar-refractivity contribution in [1.29, 1.82) is 0 Å². The summed E-state index contributed by atoms with van der Waals surface area (Å²) in [6.45, 7) is 6.64. The summed E-state index contributed by atoms with van der Waals surface area (Å²) in [7, 11) is 0. The molecule has 0 bridgehead atoms. The fraction of sp³-hybridized carbons (Fsp3) is 0.600. The summed E-state index contributed by atoms with van der Waals surface area (Å²) in [5.41, 5.74) is 1.06. The van der Waals surface area contributed by atoms with Crippen molar-refractivity contribution in [1.82, 2.24) is 5.32 Å². The van der Waals surface area contributed by atoms with E-state index >= 15 is 0 Å². The van der Waals surface area contributed by atoms with E-state index in [2.05, 4.69) is 22.1 Å².